The molecule has 12 heteroatoms. The Kier molecular flexibility index (Phi) is 8.26. The first kappa shape index (κ1) is 23.7. The average Bonchev–Trinajstić information content (AvgIpc) is 2.76. The molecule has 2 aromatic rings. The molecule has 0 aliphatic heterocycles. The first-order valence-electron chi connectivity index (χ1n) is 8.58. The number of alkyl halides is 4. The molecule has 0 aliphatic rings. The third kappa shape index (κ3) is 6.47. The summed E-state index contributed by atoms with van der Waals surface area (Å²) in [5, 5.41) is 11.9. The van der Waals surface area contributed by atoms with Gasteiger partial charge in [0.05, 0.1) is 18.3 Å². The molecule has 0 spiro atoms. The molecule has 0 unspecified atom stereocenters. The summed E-state index contributed by atoms with van der Waals surface area (Å²) in [4.78, 5) is 15.1. The second-order valence-corrected chi connectivity index (χ2v) is 7.96. The average molecular weight is 449 g/mol. The van der Waals surface area contributed by atoms with Crippen LogP contribution in [0, 0.1) is 0 Å². The number of aliphatic hydroxyl groups is 1. The van der Waals surface area contributed by atoms with E-state index in [9.17, 15) is 35.9 Å². The van der Waals surface area contributed by atoms with Gasteiger partial charge >= 0.3 is 6.43 Å². The number of hydrogen-bond acceptors (Lipinski definition) is 5. The lowest BCUT2D eigenvalue weighted by atomic mass is 9.99. The molecule has 1 heterocycles. The third-order valence-corrected chi connectivity index (χ3v) is 4.97. The zero-order valence-corrected chi connectivity index (χ0v) is 16.3. The third-order valence-electron chi connectivity index (χ3n) is 4.10. The molecule has 2 atom stereocenters. The van der Waals surface area contributed by atoms with Gasteiger partial charge < -0.3 is 10.4 Å². The van der Waals surface area contributed by atoms with Gasteiger partial charge in [-0.2, -0.15) is 8.78 Å². The van der Waals surface area contributed by atoms with Crippen LogP contribution in [-0.2, 0) is 21.4 Å². The van der Waals surface area contributed by atoms with Crippen LogP contribution in [0.3, 0.4) is 0 Å². The highest BCUT2D eigenvalue weighted by molar-refractivity contribution is 7.89. The van der Waals surface area contributed by atoms with Gasteiger partial charge in [0, 0.05) is 11.8 Å². The maximum atomic E-state index is 13.1. The van der Waals surface area contributed by atoms with E-state index in [0.717, 1.165) is 0 Å². The minimum Gasteiger partial charge on any atom is -0.386 e. The molecule has 1 aromatic carbocycles. The Bertz CT molecular complexity index is 941. The van der Waals surface area contributed by atoms with Crippen LogP contribution in [-0.4, -0.2) is 49.6 Å². The van der Waals surface area contributed by atoms with Gasteiger partial charge in [-0.1, -0.05) is 30.3 Å². The van der Waals surface area contributed by atoms with Crippen LogP contribution in [0.1, 0.15) is 17.4 Å². The SMILES string of the molecule is O=C(N[C@H](CF)[C@H](O)c1ccc(-c2ccc(CNS(=O)(=O)CF)nc2)cc1)C(F)F. The zero-order valence-electron chi connectivity index (χ0n) is 15.4. The van der Waals surface area contributed by atoms with Crippen LogP contribution < -0.4 is 10.0 Å². The Labute approximate surface area is 170 Å². The van der Waals surface area contributed by atoms with Crippen LogP contribution in [0.5, 0.6) is 0 Å². The van der Waals surface area contributed by atoms with Crippen molar-refractivity contribution in [3.63, 3.8) is 0 Å². The van der Waals surface area contributed by atoms with Gasteiger partial charge in [-0.3, -0.25) is 9.78 Å². The lowest BCUT2D eigenvalue weighted by Gasteiger charge is -2.22. The van der Waals surface area contributed by atoms with Crippen LogP contribution in [0.25, 0.3) is 11.1 Å². The van der Waals surface area contributed by atoms with Gasteiger partial charge in [-0.15, -0.1) is 0 Å². The van der Waals surface area contributed by atoms with E-state index in [1.54, 1.807) is 23.5 Å². The fraction of sp³-hybridized carbons (Fsp3) is 0.333. The van der Waals surface area contributed by atoms with Gasteiger partial charge in [0.1, 0.15) is 12.8 Å². The van der Waals surface area contributed by atoms with Crippen molar-refractivity contribution in [1.29, 1.82) is 0 Å². The number of aromatic nitrogens is 1. The van der Waals surface area contributed by atoms with E-state index in [1.165, 1.54) is 24.4 Å². The molecule has 1 amide bonds. The standard InChI is InChI=1S/C18H19F4N3O4S/c19-7-15(25-18(27)17(21)22)16(26)12-3-1-11(2-4-12)13-5-6-14(23-8-13)9-24-30(28,29)10-20/h1-6,8,15-17,24,26H,7,9-10H2,(H,25,27)/t15-,16-/m1/s1. The molecule has 0 fully saturated rings. The van der Waals surface area contributed by atoms with E-state index < -0.39 is 47.2 Å². The minimum absolute atomic E-state index is 0.174. The molecule has 0 saturated carbocycles. The normalized spacial score (nSPS) is 13.8. The van der Waals surface area contributed by atoms with Crippen molar-refractivity contribution in [2.45, 2.75) is 25.1 Å². The number of halogens is 4. The Morgan fingerprint density at radius 2 is 1.70 bits per heavy atom. The van der Waals surface area contributed by atoms with Crippen molar-refractivity contribution in [3.8, 4) is 11.1 Å². The number of nitrogens with one attached hydrogen (secondary N) is 2. The van der Waals surface area contributed by atoms with Crippen molar-refractivity contribution in [2.75, 3.05) is 12.7 Å². The van der Waals surface area contributed by atoms with Gasteiger partial charge in [-0.05, 0) is 17.2 Å². The number of aliphatic hydroxyl groups excluding tert-OH is 1. The molecule has 30 heavy (non-hydrogen) atoms. The number of pyridine rings is 1. The Morgan fingerprint density at radius 3 is 2.20 bits per heavy atom. The Morgan fingerprint density at radius 1 is 1.07 bits per heavy atom. The number of hydrogen-bond donors (Lipinski definition) is 3. The number of carbonyl (C=O) groups is 1. The topological polar surface area (TPSA) is 108 Å². The maximum Gasteiger partial charge on any atom is 0.315 e. The fourth-order valence-corrected chi connectivity index (χ4v) is 2.92. The van der Waals surface area contributed by atoms with Crippen LogP contribution in [0.2, 0.25) is 0 Å². The summed E-state index contributed by atoms with van der Waals surface area (Å²) < 4.78 is 74.2. The molecule has 2 rings (SSSR count). The van der Waals surface area contributed by atoms with E-state index in [0.29, 0.717) is 16.8 Å². The summed E-state index contributed by atoms with van der Waals surface area (Å²) in [5.41, 5.74) is 1.87. The molecule has 3 N–H and O–H groups in total. The summed E-state index contributed by atoms with van der Waals surface area (Å²) in [5.74, 6) is -1.67. The van der Waals surface area contributed by atoms with Gasteiger partial charge in [0.2, 0.25) is 16.0 Å². The number of carbonyl (C=O) groups excluding carboxylic acids is 1. The second-order valence-electron chi connectivity index (χ2n) is 6.22. The number of benzene rings is 1. The van der Waals surface area contributed by atoms with E-state index >= 15 is 0 Å². The lowest BCUT2D eigenvalue weighted by molar-refractivity contribution is -0.133. The first-order chi connectivity index (χ1) is 14.2. The van der Waals surface area contributed by atoms with E-state index in [4.69, 9.17) is 0 Å². The first-order valence-corrected chi connectivity index (χ1v) is 10.2. The number of amides is 1. The van der Waals surface area contributed by atoms with Crippen molar-refractivity contribution >= 4 is 15.9 Å². The number of rotatable bonds is 10. The molecule has 164 valence electrons. The summed E-state index contributed by atoms with van der Waals surface area (Å²) in [6.07, 6.45) is -3.40. The molecule has 1 aromatic heterocycles. The van der Waals surface area contributed by atoms with Crippen LogP contribution in [0.15, 0.2) is 42.6 Å². The number of sulfonamides is 1. The van der Waals surface area contributed by atoms with Crippen molar-refractivity contribution < 1.29 is 35.9 Å². The monoisotopic (exact) mass is 449 g/mol. The van der Waals surface area contributed by atoms with Crippen molar-refractivity contribution in [3.05, 3.63) is 53.9 Å². The molecule has 7 nitrogen and oxygen atoms in total. The van der Waals surface area contributed by atoms with Crippen molar-refractivity contribution in [2.24, 2.45) is 0 Å². The largest absolute Gasteiger partial charge is 0.386 e. The highest BCUT2D eigenvalue weighted by Gasteiger charge is 2.26. The maximum absolute atomic E-state index is 13.1. The Hall–Kier alpha value is -2.57. The summed E-state index contributed by atoms with van der Waals surface area (Å²) in [6.45, 7) is -1.41. The molecule has 0 radical (unpaired) electrons. The lowest BCUT2D eigenvalue weighted by Crippen LogP contribution is -2.43. The van der Waals surface area contributed by atoms with E-state index in [2.05, 4.69) is 4.98 Å². The van der Waals surface area contributed by atoms with Crippen molar-refractivity contribution in [1.82, 2.24) is 15.0 Å². The van der Waals surface area contributed by atoms with Gasteiger partial charge in [-0.25, -0.2) is 21.9 Å². The fourth-order valence-electron chi connectivity index (χ4n) is 2.47. The van der Waals surface area contributed by atoms with Gasteiger partial charge in [0.25, 0.3) is 5.91 Å². The second kappa shape index (κ2) is 10.5. The van der Waals surface area contributed by atoms with E-state index in [-0.39, 0.29) is 12.1 Å². The summed E-state index contributed by atoms with van der Waals surface area (Å²) in [7, 11) is -3.99. The zero-order chi connectivity index (χ0) is 22.3. The highest BCUT2D eigenvalue weighted by Crippen LogP contribution is 2.23. The number of nitrogens with zero attached hydrogens (tertiary/aromatic N) is 1. The Balaban J connectivity index is 2.06. The molecular weight excluding hydrogens is 430 g/mol. The molecular formula is C18H19F4N3O4S. The quantitative estimate of drug-likeness (QED) is 0.480. The van der Waals surface area contributed by atoms with Crippen LogP contribution in [0.4, 0.5) is 17.6 Å². The van der Waals surface area contributed by atoms with E-state index in [1.807, 2.05) is 4.72 Å². The molecule has 0 aliphatic carbocycles. The minimum atomic E-state index is -3.99. The predicted octanol–water partition coefficient (Wildman–Crippen LogP) is 1.85. The van der Waals surface area contributed by atoms with Gasteiger partial charge in [0.15, 0.2) is 0 Å². The molecule has 0 saturated heterocycles. The summed E-state index contributed by atoms with van der Waals surface area (Å²) in [6, 6.07) is 6.17. The molecule has 0 bridgehead atoms. The predicted molar refractivity (Wildman–Crippen MR) is 100 cm³/mol. The highest BCUT2D eigenvalue weighted by atomic mass is 32.2. The summed E-state index contributed by atoms with van der Waals surface area (Å²) >= 11 is 0. The van der Waals surface area contributed by atoms with Crippen LogP contribution >= 0.6 is 0 Å². The smallest absolute Gasteiger partial charge is 0.315 e.